The molecular weight excluding hydrogens is 459 g/mol. The van der Waals surface area contributed by atoms with E-state index in [4.69, 9.17) is 0 Å². The fourth-order valence-corrected chi connectivity index (χ4v) is 5.94. The normalized spacial score (nSPS) is 23.9. The first kappa shape index (κ1) is 21.0. The molecule has 174 valence electrons. The summed E-state index contributed by atoms with van der Waals surface area (Å²) < 4.78 is 15.7. The van der Waals surface area contributed by atoms with E-state index >= 15 is 4.39 Å². The van der Waals surface area contributed by atoms with Crippen LogP contribution in [0.2, 0.25) is 0 Å². The van der Waals surface area contributed by atoms with E-state index in [2.05, 4.69) is 40.4 Å². The molecule has 4 aromatic rings. The van der Waals surface area contributed by atoms with Crippen LogP contribution < -0.4 is 5.32 Å². The minimum Gasteiger partial charge on any atom is -0.481 e. The van der Waals surface area contributed by atoms with Crippen molar-refractivity contribution in [3.8, 4) is 22.1 Å². The Labute approximate surface area is 197 Å². The molecule has 0 spiro atoms. The number of nitrogens with zero attached hydrogens (tertiary/aromatic N) is 6. The van der Waals surface area contributed by atoms with E-state index in [0.717, 1.165) is 42.7 Å². The van der Waals surface area contributed by atoms with E-state index in [1.807, 2.05) is 6.92 Å². The third kappa shape index (κ3) is 3.40. The molecule has 3 fully saturated rings. The Hall–Kier alpha value is -3.54. The molecule has 4 heterocycles. The summed E-state index contributed by atoms with van der Waals surface area (Å²) in [5.74, 6) is -1.67. The van der Waals surface area contributed by atoms with Crippen LogP contribution in [0.4, 0.5) is 10.2 Å². The maximum Gasteiger partial charge on any atom is 0.308 e. The van der Waals surface area contributed by atoms with Crippen molar-refractivity contribution in [1.82, 2.24) is 35.1 Å². The summed E-state index contributed by atoms with van der Waals surface area (Å²) in [6.45, 7) is 1.83. The van der Waals surface area contributed by atoms with Gasteiger partial charge >= 0.3 is 5.97 Å². The smallest absolute Gasteiger partial charge is 0.308 e. The molecule has 2 atom stereocenters. The largest absolute Gasteiger partial charge is 0.481 e. The predicted octanol–water partition coefficient (Wildman–Crippen LogP) is 3.68. The van der Waals surface area contributed by atoms with Crippen LogP contribution in [0.15, 0.2) is 17.9 Å². The number of anilines is 1. The van der Waals surface area contributed by atoms with E-state index in [0.29, 0.717) is 21.7 Å². The van der Waals surface area contributed by atoms with Crippen molar-refractivity contribution in [3.63, 3.8) is 0 Å². The van der Waals surface area contributed by atoms with Crippen LogP contribution in [0.5, 0.6) is 0 Å². The first-order valence-electron chi connectivity index (χ1n) is 11.1. The number of nitrogens with one attached hydrogen (secondary N) is 2. The Morgan fingerprint density at radius 1 is 1.21 bits per heavy atom. The van der Waals surface area contributed by atoms with Gasteiger partial charge in [0, 0.05) is 12.2 Å². The maximum atomic E-state index is 15.7. The van der Waals surface area contributed by atoms with Gasteiger partial charge < -0.3 is 15.4 Å². The summed E-state index contributed by atoms with van der Waals surface area (Å²) in [7, 11) is 0. The number of halogens is 1. The number of fused-ring (bicyclic) bond motifs is 4. The van der Waals surface area contributed by atoms with Gasteiger partial charge in [-0.05, 0) is 44.4 Å². The zero-order valence-corrected chi connectivity index (χ0v) is 19.0. The van der Waals surface area contributed by atoms with Gasteiger partial charge in [0.05, 0.1) is 23.4 Å². The number of hydrogen-bond donors (Lipinski definition) is 3. The van der Waals surface area contributed by atoms with Crippen molar-refractivity contribution < 1.29 is 14.3 Å². The number of carboxylic acids is 1. The highest BCUT2D eigenvalue weighted by Crippen LogP contribution is 2.46. The highest BCUT2D eigenvalue weighted by molar-refractivity contribution is 7.12. The lowest BCUT2D eigenvalue weighted by Crippen LogP contribution is -2.51. The molecule has 0 aliphatic heterocycles. The van der Waals surface area contributed by atoms with Gasteiger partial charge in [0.2, 0.25) is 0 Å². The van der Waals surface area contributed by atoms with E-state index in [-0.39, 0.29) is 29.2 Å². The molecule has 2 bridgehead atoms. The van der Waals surface area contributed by atoms with E-state index in [1.54, 1.807) is 12.4 Å². The van der Waals surface area contributed by atoms with Gasteiger partial charge in [-0.3, -0.25) is 4.79 Å². The maximum absolute atomic E-state index is 15.7. The first-order chi connectivity index (χ1) is 16.5. The molecule has 0 radical (unpaired) electrons. The van der Waals surface area contributed by atoms with Gasteiger partial charge in [-0.2, -0.15) is 0 Å². The van der Waals surface area contributed by atoms with Crippen molar-refractivity contribution in [2.45, 2.75) is 38.6 Å². The average molecular weight is 481 g/mol. The quantitative estimate of drug-likeness (QED) is 0.390. The number of hydrogen-bond acceptors (Lipinski definition) is 9. The number of aliphatic carboxylic acids is 1. The van der Waals surface area contributed by atoms with Crippen LogP contribution in [0.1, 0.15) is 31.4 Å². The number of carbonyl (C=O) groups is 1. The zero-order chi connectivity index (χ0) is 23.4. The highest BCUT2D eigenvalue weighted by Gasteiger charge is 2.47. The van der Waals surface area contributed by atoms with E-state index in [1.165, 1.54) is 5.51 Å². The zero-order valence-electron chi connectivity index (χ0n) is 18.2. The predicted molar refractivity (Wildman–Crippen MR) is 122 cm³/mol. The third-order valence-corrected chi connectivity index (χ3v) is 7.66. The SMILES string of the molecule is Cc1cnc2[nH]cc(-c3nc(N[C@H]4C5CCC(CC5)[C@@H]4C(=O)O)c(F)c(-c4nncs4)n3)c2n1. The molecule has 3 aliphatic rings. The standard InChI is InChI=1S/C22H21FN8O2S/c1-9-6-24-20-16(27-9)12(7-25-20)18-29-17(21-31-26-8-34-21)14(23)19(30-18)28-15-11-4-2-10(3-5-11)13(15)22(32)33/h6-8,10-11,13,15H,2-5H2,1H3,(H,24,25)(H,32,33)(H,28,29,30)/t10?,11?,13-,15-/m0/s1. The summed E-state index contributed by atoms with van der Waals surface area (Å²) >= 11 is 1.16. The molecule has 4 aromatic heterocycles. The minimum absolute atomic E-state index is 0.0119. The number of rotatable bonds is 5. The van der Waals surface area contributed by atoms with E-state index in [9.17, 15) is 9.90 Å². The Balaban J connectivity index is 1.49. The molecule has 3 saturated carbocycles. The number of H-pyrrole nitrogens is 1. The summed E-state index contributed by atoms with van der Waals surface area (Å²) in [4.78, 5) is 33.0. The molecule has 0 unspecified atom stereocenters. The van der Waals surface area contributed by atoms with Crippen LogP contribution in [0.3, 0.4) is 0 Å². The van der Waals surface area contributed by atoms with Crippen molar-refractivity contribution in [3.05, 3.63) is 29.4 Å². The molecule has 3 aliphatic carbocycles. The average Bonchev–Trinajstić information content (AvgIpc) is 3.51. The molecule has 0 aromatic carbocycles. The molecule has 7 rings (SSSR count). The Kier molecular flexibility index (Phi) is 4.97. The molecule has 10 nitrogen and oxygen atoms in total. The van der Waals surface area contributed by atoms with Crippen LogP contribution in [-0.4, -0.2) is 52.2 Å². The minimum atomic E-state index is -0.853. The lowest BCUT2D eigenvalue weighted by atomic mass is 9.61. The first-order valence-corrected chi connectivity index (χ1v) is 12.0. The molecule has 0 saturated heterocycles. The van der Waals surface area contributed by atoms with Gasteiger partial charge in [0.25, 0.3) is 0 Å². The van der Waals surface area contributed by atoms with Crippen LogP contribution in [0.25, 0.3) is 33.3 Å². The molecule has 12 heteroatoms. The van der Waals surface area contributed by atoms with Gasteiger partial charge in [-0.15, -0.1) is 10.2 Å². The second kappa shape index (κ2) is 8.05. The number of aromatic nitrogens is 7. The number of aromatic amines is 1. The number of carboxylic acid groups (broad SMARTS) is 1. The van der Waals surface area contributed by atoms with Crippen molar-refractivity contribution >= 4 is 34.3 Å². The summed E-state index contributed by atoms with van der Waals surface area (Å²) in [6.07, 6.45) is 6.96. The highest BCUT2D eigenvalue weighted by atomic mass is 32.1. The summed E-state index contributed by atoms with van der Waals surface area (Å²) in [5.41, 5.74) is 3.94. The van der Waals surface area contributed by atoms with Crippen molar-refractivity contribution in [1.29, 1.82) is 0 Å². The van der Waals surface area contributed by atoms with Gasteiger partial charge in [-0.25, -0.2) is 24.3 Å². The second-order valence-electron chi connectivity index (χ2n) is 8.92. The Bertz CT molecular complexity index is 1380. The van der Waals surface area contributed by atoms with Gasteiger partial charge in [-0.1, -0.05) is 11.3 Å². The van der Waals surface area contributed by atoms with Gasteiger partial charge in [0.1, 0.15) is 16.7 Å². The molecule has 3 N–H and O–H groups in total. The molecular formula is C22H21FN8O2S. The number of aryl methyl sites for hydroxylation is 1. The van der Waals surface area contributed by atoms with Gasteiger partial charge in [0.15, 0.2) is 28.1 Å². The fourth-order valence-electron chi connectivity index (χ4n) is 5.40. The van der Waals surface area contributed by atoms with Crippen LogP contribution >= 0.6 is 11.3 Å². The molecule has 0 amide bonds. The van der Waals surface area contributed by atoms with Crippen molar-refractivity contribution in [2.24, 2.45) is 17.8 Å². The monoisotopic (exact) mass is 480 g/mol. The van der Waals surface area contributed by atoms with Crippen LogP contribution in [-0.2, 0) is 4.79 Å². The van der Waals surface area contributed by atoms with Crippen molar-refractivity contribution in [2.75, 3.05) is 5.32 Å². The Morgan fingerprint density at radius 2 is 2.00 bits per heavy atom. The lowest BCUT2D eigenvalue weighted by molar-refractivity contribution is -0.148. The summed E-state index contributed by atoms with van der Waals surface area (Å²) in [5, 5.41) is 21.2. The fraction of sp³-hybridized carbons (Fsp3) is 0.409. The topological polar surface area (TPSA) is 142 Å². The third-order valence-electron chi connectivity index (χ3n) is 6.96. The lowest BCUT2D eigenvalue weighted by Gasteiger charge is -2.47. The van der Waals surface area contributed by atoms with E-state index < -0.39 is 23.7 Å². The second-order valence-corrected chi connectivity index (χ2v) is 9.76. The van der Waals surface area contributed by atoms with Crippen LogP contribution in [0, 0.1) is 30.5 Å². The summed E-state index contributed by atoms with van der Waals surface area (Å²) in [6, 6.07) is -0.408. The molecule has 34 heavy (non-hydrogen) atoms. The Morgan fingerprint density at radius 3 is 2.74 bits per heavy atom.